The van der Waals surface area contributed by atoms with Crippen LogP contribution in [0.4, 0.5) is 11.4 Å². The predicted octanol–water partition coefficient (Wildman–Crippen LogP) is 3.91. The van der Waals surface area contributed by atoms with Crippen molar-refractivity contribution in [1.29, 1.82) is 0 Å². The topological polar surface area (TPSA) is 50.8 Å². The number of rotatable bonds is 7. The summed E-state index contributed by atoms with van der Waals surface area (Å²) < 4.78 is 12.5. The summed E-state index contributed by atoms with van der Waals surface area (Å²) in [5.41, 5.74) is 7.35. The largest absolute Gasteiger partial charge is 1.00 e. The number of nitrogens with zero attached hydrogens (tertiary/aromatic N) is 2. The van der Waals surface area contributed by atoms with Crippen LogP contribution in [0.3, 0.4) is 0 Å². The monoisotopic (exact) mass is 693 g/mol. The average Bonchev–Trinajstić information content (AvgIpc) is 3.25. The molecule has 0 aliphatic carbocycles. The van der Waals surface area contributed by atoms with Crippen molar-refractivity contribution in [3.8, 4) is 16.9 Å². The van der Waals surface area contributed by atoms with Gasteiger partial charge in [-0.15, -0.1) is 0 Å². The van der Waals surface area contributed by atoms with E-state index < -0.39 is 0 Å². The predicted molar refractivity (Wildman–Crippen MR) is 171 cm³/mol. The quantitative estimate of drug-likeness (QED) is 0.302. The number of nitrogens with one attached hydrogen (secondary N) is 1. The normalized spacial score (nSPS) is 17.5. The van der Waals surface area contributed by atoms with Crippen LogP contribution >= 0.6 is 0 Å². The molecule has 2 saturated heterocycles. The number of carbonyl (C=O) groups is 1. The zero-order valence-corrected chi connectivity index (χ0v) is 27.6. The molecule has 0 radical (unpaired) electrons. The van der Waals surface area contributed by atoms with E-state index in [9.17, 15) is 4.79 Å². The molecular weight excluding hydrogens is 649 g/mol. The van der Waals surface area contributed by atoms with Crippen LogP contribution in [0.25, 0.3) is 17.2 Å². The zero-order chi connectivity index (χ0) is 28.9. The maximum absolute atomic E-state index is 13.3. The molecule has 0 aromatic heterocycles. The highest BCUT2D eigenvalue weighted by molar-refractivity contribution is 6.07. The van der Waals surface area contributed by atoms with Gasteiger partial charge in [0.25, 0.3) is 5.91 Å². The van der Waals surface area contributed by atoms with E-state index in [4.69, 9.17) is 9.47 Å². The molecule has 228 valence electrons. The lowest BCUT2D eigenvalue weighted by atomic mass is 10.00. The van der Waals surface area contributed by atoms with E-state index in [1.54, 1.807) is 0 Å². The van der Waals surface area contributed by atoms with Crippen LogP contribution in [0.1, 0.15) is 49.7 Å². The van der Waals surface area contributed by atoms with Crippen molar-refractivity contribution in [3.63, 3.8) is 0 Å². The molecule has 0 spiro atoms. The van der Waals surface area contributed by atoms with Crippen molar-refractivity contribution in [3.05, 3.63) is 83.4 Å². The van der Waals surface area contributed by atoms with Crippen LogP contribution in [0.5, 0.6) is 5.75 Å². The van der Waals surface area contributed by atoms with Gasteiger partial charge in [-0.3, -0.25) is 4.79 Å². The molecule has 2 fully saturated rings. The zero-order valence-electron chi connectivity index (χ0n) is 25.5. The third kappa shape index (κ3) is 7.80. The Morgan fingerprint density at radius 2 is 1.58 bits per heavy atom. The van der Waals surface area contributed by atoms with Crippen molar-refractivity contribution in [2.24, 2.45) is 0 Å². The molecule has 3 heterocycles. The number of piperidine rings is 1. The van der Waals surface area contributed by atoms with Gasteiger partial charge in [0.05, 0.1) is 40.0 Å². The lowest BCUT2D eigenvalue weighted by Gasteiger charge is -2.40. The number of hydrogen-bond acceptors (Lipinski definition) is 4. The van der Waals surface area contributed by atoms with Crippen LogP contribution in [-0.2, 0) is 16.1 Å². The fourth-order valence-electron chi connectivity index (χ4n) is 6.59. The van der Waals surface area contributed by atoms with Gasteiger partial charge >= 0.3 is 0 Å². The first-order chi connectivity index (χ1) is 20.4. The third-order valence-electron chi connectivity index (χ3n) is 9.16. The Kier molecular flexibility index (Phi) is 10.5. The number of fused-ring (bicyclic) bond motifs is 1. The third-order valence-corrected chi connectivity index (χ3v) is 9.16. The first-order valence-corrected chi connectivity index (χ1v) is 15.6. The number of hydrogen-bond donors (Lipinski definition) is 1. The van der Waals surface area contributed by atoms with Gasteiger partial charge in [-0.2, -0.15) is 0 Å². The number of quaternary nitrogens is 1. The van der Waals surface area contributed by atoms with Crippen molar-refractivity contribution in [1.82, 2.24) is 0 Å². The molecule has 3 aliphatic rings. The molecule has 3 aromatic carbocycles. The van der Waals surface area contributed by atoms with E-state index in [2.05, 4.69) is 72.8 Å². The smallest absolute Gasteiger partial charge is 0.251 e. The lowest BCUT2D eigenvalue weighted by molar-refractivity contribution is -0.929. The maximum atomic E-state index is 13.3. The Morgan fingerprint density at radius 1 is 0.884 bits per heavy atom. The van der Waals surface area contributed by atoms with Crippen molar-refractivity contribution in [2.45, 2.75) is 51.1 Å². The highest BCUT2D eigenvalue weighted by Crippen LogP contribution is 2.33. The molecule has 6 nitrogen and oxygen atoms in total. The van der Waals surface area contributed by atoms with Crippen LogP contribution in [0.2, 0.25) is 0 Å². The summed E-state index contributed by atoms with van der Waals surface area (Å²) in [5, 5.41) is 3.12. The van der Waals surface area contributed by atoms with Gasteiger partial charge in [-0.1, -0.05) is 30.3 Å². The minimum atomic E-state index is -0.0752. The Hall–Kier alpha value is -2.88. The summed E-state index contributed by atoms with van der Waals surface area (Å²) >= 11 is 0. The lowest BCUT2D eigenvalue weighted by Crippen LogP contribution is -3.00. The van der Waals surface area contributed by atoms with E-state index in [1.807, 2.05) is 24.3 Å². The van der Waals surface area contributed by atoms with E-state index in [0.717, 1.165) is 78.3 Å². The second kappa shape index (κ2) is 14.3. The fraction of sp³-hybridized carbons (Fsp3) is 0.417. The van der Waals surface area contributed by atoms with Gasteiger partial charge in [0.1, 0.15) is 12.3 Å². The number of benzene rings is 3. The molecular formula is C36H44IN3O3. The minimum Gasteiger partial charge on any atom is -1.00 e. The number of carbonyl (C=O) groups excluding carboxylic acids is 1. The van der Waals surface area contributed by atoms with Crippen LogP contribution < -0.4 is 38.9 Å². The second-order valence-electron chi connectivity index (χ2n) is 12.5. The number of amides is 1. The number of ether oxygens (including phenoxy) is 2. The summed E-state index contributed by atoms with van der Waals surface area (Å²) in [5.74, 6) is 0.745. The molecule has 6 rings (SSSR count). The molecule has 3 aliphatic heterocycles. The number of anilines is 2. The summed E-state index contributed by atoms with van der Waals surface area (Å²) in [6.45, 7) is 5.44. The standard InChI is InChI=1S/C36H43N3O3.HI/c1-39(2,34-17-21-41-22-18-34)26-27-6-11-32(12-7-27)37-36(40)30-16-23-42-35-15-10-29(24-31(35)25-30)28-8-13-33(14-9-28)38-19-4-3-5-20-38;/h6-15,24-25,34H,3-5,16-23,26H2,1-2H3;1H. The molecule has 0 atom stereocenters. The van der Waals surface area contributed by atoms with E-state index >= 15 is 0 Å². The molecule has 0 unspecified atom stereocenters. The van der Waals surface area contributed by atoms with Gasteiger partial charge in [0, 0.05) is 60.4 Å². The molecule has 7 heteroatoms. The Balaban J connectivity index is 0.00000368. The van der Waals surface area contributed by atoms with Crippen molar-refractivity contribution in [2.75, 3.05) is 57.2 Å². The summed E-state index contributed by atoms with van der Waals surface area (Å²) in [4.78, 5) is 15.8. The highest BCUT2D eigenvalue weighted by atomic mass is 127. The van der Waals surface area contributed by atoms with E-state index in [-0.39, 0.29) is 29.9 Å². The minimum absolute atomic E-state index is 0. The van der Waals surface area contributed by atoms with Gasteiger partial charge in [-0.25, -0.2) is 0 Å². The molecule has 43 heavy (non-hydrogen) atoms. The van der Waals surface area contributed by atoms with Crippen LogP contribution in [0.15, 0.2) is 72.3 Å². The van der Waals surface area contributed by atoms with Crippen LogP contribution in [-0.4, -0.2) is 63.4 Å². The van der Waals surface area contributed by atoms with Gasteiger partial charge in [0.15, 0.2) is 0 Å². The van der Waals surface area contributed by atoms with Crippen LogP contribution in [0, 0.1) is 0 Å². The second-order valence-corrected chi connectivity index (χ2v) is 12.5. The average molecular weight is 694 g/mol. The highest BCUT2D eigenvalue weighted by Gasteiger charge is 2.30. The molecule has 3 aromatic rings. The molecule has 1 amide bonds. The molecule has 1 N–H and O–H groups in total. The molecule has 0 saturated carbocycles. The summed E-state index contributed by atoms with van der Waals surface area (Å²) in [6.07, 6.45) is 8.65. The number of halogens is 1. The van der Waals surface area contributed by atoms with Gasteiger partial charge in [-0.05, 0) is 72.9 Å². The Bertz CT molecular complexity index is 1410. The maximum Gasteiger partial charge on any atom is 0.251 e. The van der Waals surface area contributed by atoms with Crippen molar-refractivity contribution >= 4 is 23.4 Å². The first kappa shape index (κ1) is 31.5. The Labute approximate surface area is 273 Å². The van der Waals surface area contributed by atoms with E-state index in [1.165, 1.54) is 36.1 Å². The molecule has 0 bridgehead atoms. The summed E-state index contributed by atoms with van der Waals surface area (Å²) in [7, 11) is 4.61. The van der Waals surface area contributed by atoms with Crippen molar-refractivity contribution < 1.29 is 42.7 Å². The van der Waals surface area contributed by atoms with Gasteiger partial charge < -0.3 is 48.2 Å². The fourth-order valence-corrected chi connectivity index (χ4v) is 6.59. The SMILES string of the molecule is C[N+](C)(Cc1ccc(NC(=O)C2=Cc3cc(-c4ccc(N5CCCCC5)cc4)ccc3OCC2)cc1)C1CCOCC1.[I-]. The van der Waals surface area contributed by atoms with E-state index in [0.29, 0.717) is 19.1 Å². The Morgan fingerprint density at radius 3 is 2.30 bits per heavy atom. The summed E-state index contributed by atoms with van der Waals surface area (Å²) in [6, 6.07) is 24.1. The van der Waals surface area contributed by atoms with Gasteiger partial charge in [0.2, 0.25) is 0 Å². The first-order valence-electron chi connectivity index (χ1n) is 15.6.